The molecule has 1 heterocycles. The highest BCUT2D eigenvalue weighted by Crippen LogP contribution is 2.23. The van der Waals surface area contributed by atoms with E-state index in [1.165, 1.54) is 31.2 Å². The molecular weight excluding hydrogens is 214 g/mol. The quantitative estimate of drug-likeness (QED) is 0.737. The van der Waals surface area contributed by atoms with Gasteiger partial charge in [-0.2, -0.15) is 11.3 Å². The van der Waals surface area contributed by atoms with Gasteiger partial charge in [0.1, 0.15) is 0 Å². The number of rotatable bonds is 6. The van der Waals surface area contributed by atoms with Crippen LogP contribution in [0.4, 0.5) is 0 Å². The zero-order chi connectivity index (χ0) is 12.0. The molecule has 0 spiro atoms. The standard InChI is InChI=1S/C14H25NS/c1-14(2,3)13(15-4)8-6-5-7-12-9-10-16-11-12/h9-11,13,15H,5-8H2,1-4H3. The van der Waals surface area contributed by atoms with E-state index >= 15 is 0 Å². The van der Waals surface area contributed by atoms with Gasteiger partial charge in [-0.15, -0.1) is 0 Å². The average Bonchev–Trinajstić information content (AvgIpc) is 2.68. The van der Waals surface area contributed by atoms with Gasteiger partial charge in [0.2, 0.25) is 0 Å². The zero-order valence-corrected chi connectivity index (χ0v) is 11.9. The Balaban J connectivity index is 2.19. The normalized spacial score (nSPS) is 14.0. The smallest absolute Gasteiger partial charge is 0.0113 e. The van der Waals surface area contributed by atoms with Crippen LogP contribution >= 0.6 is 11.3 Å². The average molecular weight is 239 g/mol. The van der Waals surface area contributed by atoms with E-state index in [9.17, 15) is 0 Å². The third kappa shape index (κ3) is 4.67. The minimum Gasteiger partial charge on any atom is -0.316 e. The van der Waals surface area contributed by atoms with Crippen molar-refractivity contribution in [2.45, 2.75) is 52.5 Å². The van der Waals surface area contributed by atoms with Gasteiger partial charge in [0.05, 0.1) is 0 Å². The minimum absolute atomic E-state index is 0.372. The van der Waals surface area contributed by atoms with Crippen molar-refractivity contribution < 1.29 is 0 Å². The Kier molecular flexibility index (Phi) is 5.50. The van der Waals surface area contributed by atoms with Crippen molar-refractivity contribution in [3.05, 3.63) is 22.4 Å². The molecule has 0 amide bonds. The van der Waals surface area contributed by atoms with Crippen molar-refractivity contribution in [1.82, 2.24) is 5.32 Å². The van der Waals surface area contributed by atoms with Crippen molar-refractivity contribution in [1.29, 1.82) is 0 Å². The van der Waals surface area contributed by atoms with Crippen LogP contribution in [0, 0.1) is 5.41 Å². The minimum atomic E-state index is 0.372. The summed E-state index contributed by atoms with van der Waals surface area (Å²) in [6, 6.07) is 2.87. The predicted molar refractivity (Wildman–Crippen MR) is 74.2 cm³/mol. The summed E-state index contributed by atoms with van der Waals surface area (Å²) in [6.07, 6.45) is 5.15. The fourth-order valence-electron chi connectivity index (χ4n) is 2.12. The molecule has 0 aromatic carbocycles. The second kappa shape index (κ2) is 6.41. The molecular formula is C14H25NS. The monoisotopic (exact) mass is 239 g/mol. The van der Waals surface area contributed by atoms with Crippen LogP contribution in [-0.4, -0.2) is 13.1 Å². The van der Waals surface area contributed by atoms with Gasteiger partial charge in [0.25, 0.3) is 0 Å². The van der Waals surface area contributed by atoms with Crippen LogP contribution in [0.25, 0.3) is 0 Å². The number of thiophene rings is 1. The lowest BCUT2D eigenvalue weighted by molar-refractivity contribution is 0.262. The predicted octanol–water partition coefficient (Wildman–Crippen LogP) is 4.10. The van der Waals surface area contributed by atoms with Gasteiger partial charge in [-0.3, -0.25) is 0 Å². The summed E-state index contributed by atoms with van der Waals surface area (Å²) in [6.45, 7) is 6.94. The molecule has 0 saturated heterocycles. The maximum atomic E-state index is 3.44. The first-order valence-corrected chi connectivity index (χ1v) is 7.16. The molecule has 1 N–H and O–H groups in total. The first kappa shape index (κ1) is 13.7. The summed E-state index contributed by atoms with van der Waals surface area (Å²) in [4.78, 5) is 0. The first-order valence-electron chi connectivity index (χ1n) is 6.22. The molecule has 1 nitrogen and oxygen atoms in total. The molecule has 92 valence electrons. The van der Waals surface area contributed by atoms with E-state index in [0.717, 1.165) is 0 Å². The fraction of sp³-hybridized carbons (Fsp3) is 0.714. The van der Waals surface area contributed by atoms with E-state index in [1.807, 2.05) is 0 Å². The van der Waals surface area contributed by atoms with Crippen LogP contribution in [0.3, 0.4) is 0 Å². The zero-order valence-electron chi connectivity index (χ0n) is 11.0. The molecule has 2 heteroatoms. The first-order chi connectivity index (χ1) is 7.54. The second-order valence-electron chi connectivity index (χ2n) is 5.58. The Hall–Kier alpha value is -0.340. The van der Waals surface area contributed by atoms with E-state index in [0.29, 0.717) is 11.5 Å². The van der Waals surface area contributed by atoms with Crippen LogP contribution < -0.4 is 5.32 Å². The van der Waals surface area contributed by atoms with Crippen molar-refractivity contribution >= 4 is 11.3 Å². The SMILES string of the molecule is CNC(CCCCc1ccsc1)C(C)(C)C. The van der Waals surface area contributed by atoms with Crippen LogP contribution in [0.2, 0.25) is 0 Å². The largest absolute Gasteiger partial charge is 0.316 e. The lowest BCUT2D eigenvalue weighted by Gasteiger charge is -2.30. The Labute approximate surface area is 104 Å². The summed E-state index contributed by atoms with van der Waals surface area (Å²) in [7, 11) is 2.08. The highest BCUT2D eigenvalue weighted by Gasteiger charge is 2.21. The Morgan fingerprint density at radius 1 is 1.31 bits per heavy atom. The second-order valence-corrected chi connectivity index (χ2v) is 6.36. The van der Waals surface area contributed by atoms with E-state index in [1.54, 1.807) is 11.3 Å². The molecule has 1 rings (SSSR count). The van der Waals surface area contributed by atoms with Gasteiger partial charge in [-0.1, -0.05) is 27.2 Å². The van der Waals surface area contributed by atoms with Gasteiger partial charge >= 0.3 is 0 Å². The molecule has 0 aliphatic rings. The number of hydrogen-bond donors (Lipinski definition) is 1. The number of unbranched alkanes of at least 4 members (excludes halogenated alkanes) is 1. The maximum Gasteiger partial charge on any atom is 0.0113 e. The van der Waals surface area contributed by atoms with Crippen LogP contribution in [0.1, 0.15) is 45.6 Å². The summed E-state index contributed by atoms with van der Waals surface area (Å²) < 4.78 is 0. The molecule has 16 heavy (non-hydrogen) atoms. The van der Waals surface area contributed by atoms with Crippen molar-refractivity contribution in [3.63, 3.8) is 0 Å². The molecule has 0 radical (unpaired) electrons. The highest BCUT2D eigenvalue weighted by atomic mass is 32.1. The van der Waals surface area contributed by atoms with E-state index in [4.69, 9.17) is 0 Å². The van der Waals surface area contributed by atoms with Crippen molar-refractivity contribution in [2.24, 2.45) is 5.41 Å². The topological polar surface area (TPSA) is 12.0 Å². The molecule has 1 aromatic rings. The molecule has 0 aliphatic heterocycles. The van der Waals surface area contributed by atoms with Gasteiger partial charge in [0, 0.05) is 6.04 Å². The Bertz CT molecular complexity index is 271. The van der Waals surface area contributed by atoms with Gasteiger partial charge in [-0.05, 0) is 54.1 Å². The summed E-state index contributed by atoms with van der Waals surface area (Å²) >= 11 is 1.80. The van der Waals surface area contributed by atoms with Gasteiger partial charge in [-0.25, -0.2) is 0 Å². The van der Waals surface area contributed by atoms with Crippen LogP contribution in [0.5, 0.6) is 0 Å². The van der Waals surface area contributed by atoms with Crippen molar-refractivity contribution in [2.75, 3.05) is 7.05 Å². The lowest BCUT2D eigenvalue weighted by Crippen LogP contribution is -2.37. The van der Waals surface area contributed by atoms with E-state index < -0.39 is 0 Å². The molecule has 1 aromatic heterocycles. The third-order valence-corrected chi connectivity index (χ3v) is 3.91. The number of hydrogen-bond acceptors (Lipinski definition) is 2. The number of aryl methyl sites for hydroxylation is 1. The van der Waals surface area contributed by atoms with E-state index in [-0.39, 0.29) is 0 Å². The van der Waals surface area contributed by atoms with Gasteiger partial charge in [0.15, 0.2) is 0 Å². The third-order valence-electron chi connectivity index (χ3n) is 3.18. The van der Waals surface area contributed by atoms with Crippen LogP contribution in [-0.2, 0) is 6.42 Å². The fourth-order valence-corrected chi connectivity index (χ4v) is 2.83. The molecule has 0 bridgehead atoms. The van der Waals surface area contributed by atoms with E-state index in [2.05, 4.69) is 50.0 Å². The molecule has 0 saturated carbocycles. The van der Waals surface area contributed by atoms with Crippen molar-refractivity contribution in [3.8, 4) is 0 Å². The van der Waals surface area contributed by atoms with Crippen LogP contribution in [0.15, 0.2) is 16.8 Å². The Morgan fingerprint density at radius 2 is 2.06 bits per heavy atom. The summed E-state index contributed by atoms with van der Waals surface area (Å²) in [5, 5.41) is 7.87. The Morgan fingerprint density at radius 3 is 2.56 bits per heavy atom. The number of nitrogens with one attached hydrogen (secondary N) is 1. The lowest BCUT2D eigenvalue weighted by atomic mass is 9.83. The molecule has 1 atom stereocenters. The summed E-state index contributed by atoms with van der Waals surface area (Å²) in [5.74, 6) is 0. The summed E-state index contributed by atoms with van der Waals surface area (Å²) in [5.41, 5.74) is 1.87. The molecule has 1 unspecified atom stereocenters. The molecule has 0 fully saturated rings. The molecule has 0 aliphatic carbocycles. The highest BCUT2D eigenvalue weighted by molar-refractivity contribution is 7.07. The maximum absolute atomic E-state index is 3.44. The van der Waals surface area contributed by atoms with Gasteiger partial charge < -0.3 is 5.32 Å².